The summed E-state index contributed by atoms with van der Waals surface area (Å²) < 4.78 is 93.0. The fraction of sp³-hybridized carbons (Fsp3) is 0.135. The number of benzene rings is 7. The highest BCUT2D eigenvalue weighted by Crippen LogP contribution is 2.36. The minimum atomic E-state index is -4.67. The lowest BCUT2D eigenvalue weighted by atomic mass is 10.2. The predicted octanol–water partition coefficient (Wildman–Crippen LogP) is 13.9. The molecule has 0 aliphatic carbocycles. The van der Waals surface area contributed by atoms with E-state index in [0.717, 1.165) is 54.9 Å². The Balaban J connectivity index is 0.000000252. The molecule has 3 heterocycles. The molecule has 482 valence electrons. The predicted molar refractivity (Wildman–Crippen MR) is 343 cm³/mol. The summed E-state index contributed by atoms with van der Waals surface area (Å²) in [5, 5.41) is 69.4. The number of nitrogen functional groups attached to an aromatic ring is 1. The Morgan fingerprint density at radius 2 is 0.901 bits per heavy atom. The Bertz CT molecular complexity index is 4420. The molecule has 39 heteroatoms. The molecule has 10 rings (SSSR count). The summed E-state index contributed by atoms with van der Waals surface area (Å²) in [5.41, 5.74) is 13.0. The van der Waals surface area contributed by atoms with E-state index in [4.69, 9.17) is 43.5 Å². The lowest BCUT2D eigenvalue weighted by molar-refractivity contribution is -0.384. The van der Waals surface area contributed by atoms with E-state index in [9.17, 15) is 43.0 Å². The number of anilines is 3. The van der Waals surface area contributed by atoms with Crippen molar-refractivity contribution in [2.24, 2.45) is 24.4 Å². The molecule has 3 aromatic heterocycles. The zero-order valence-electron chi connectivity index (χ0n) is 46.3. The van der Waals surface area contributed by atoms with Gasteiger partial charge in [0.2, 0.25) is 0 Å². The van der Waals surface area contributed by atoms with E-state index in [1.54, 1.807) is 16.7 Å². The summed E-state index contributed by atoms with van der Waals surface area (Å²) in [6, 6.07) is 52.2. The zero-order chi connectivity index (χ0) is 66.0. The minimum Gasteiger partial charge on any atom is -0.389 e. The third-order valence-corrected chi connectivity index (χ3v) is 14.4. The summed E-state index contributed by atoms with van der Waals surface area (Å²) in [7, 11) is -13.4. The highest BCUT2D eigenvalue weighted by atomic mass is 32.3. The molecule has 1 unspecified atom stereocenters. The molecule has 1 atom stereocenters. The number of fused-ring (bicyclic) bond motifs is 3. The van der Waals surface area contributed by atoms with Crippen LogP contribution in [0.3, 0.4) is 0 Å². The third kappa shape index (κ3) is 24.5. The molecule has 91 heavy (non-hydrogen) atoms. The number of nitrogens with two attached hydrogens (primary N) is 1. The molecule has 7 aromatic carbocycles. The van der Waals surface area contributed by atoms with Crippen molar-refractivity contribution >= 4 is 147 Å². The molecule has 0 amide bonds. The van der Waals surface area contributed by atoms with Crippen LogP contribution in [0, 0.1) is 30.3 Å². The first kappa shape index (κ1) is 74.0. The quantitative estimate of drug-likeness (QED) is 0.0146. The van der Waals surface area contributed by atoms with E-state index >= 15 is 0 Å². The SMILES string of the molecule is C.CCN(Cc1ccccc1)c1ccc(N=Nc2snc3ccc([N+](=O)[O-])cc23)cc1.CCN(Cc1ccccc1)c1ccccc1.Nc1snc2ccc([N+](=O)[O-])cc12.O=S(=O)(O)O.O=S(O)(=NO)OO.O=[N+]([O-])c1ccc2nsc(N=NS(=O)(=O)OO)c2c1. The van der Waals surface area contributed by atoms with Crippen LogP contribution in [-0.2, 0) is 52.8 Å². The number of non-ortho nitro benzene ring substituents is 3. The van der Waals surface area contributed by atoms with Crippen LogP contribution in [0.25, 0.3) is 32.7 Å². The van der Waals surface area contributed by atoms with Crippen LogP contribution in [0.1, 0.15) is 32.4 Å². The average Bonchev–Trinajstić information content (AvgIpc) is 1.87. The van der Waals surface area contributed by atoms with Gasteiger partial charge in [0.1, 0.15) is 5.00 Å². The van der Waals surface area contributed by atoms with Crippen molar-refractivity contribution in [3.8, 4) is 0 Å². The van der Waals surface area contributed by atoms with Gasteiger partial charge in [0.25, 0.3) is 17.1 Å². The number of hydrogen-bond acceptors (Lipinski definition) is 28. The second-order valence-corrected chi connectivity index (χ2v) is 22.8. The molecule has 0 spiro atoms. The van der Waals surface area contributed by atoms with Crippen molar-refractivity contribution in [3.63, 3.8) is 0 Å². The smallest absolute Gasteiger partial charge is 0.389 e. The molecule has 0 aliphatic rings. The number of hydrogen-bond donors (Lipinski definition) is 7. The van der Waals surface area contributed by atoms with Gasteiger partial charge < -0.3 is 15.5 Å². The van der Waals surface area contributed by atoms with Crippen molar-refractivity contribution in [2.45, 2.75) is 34.4 Å². The Labute approximate surface area is 530 Å². The molecular weight excluding hydrogens is 1320 g/mol. The van der Waals surface area contributed by atoms with E-state index in [-0.39, 0.29) is 34.9 Å². The molecular formula is C52H54N14O19S6. The van der Waals surface area contributed by atoms with Gasteiger partial charge in [0, 0.05) is 90.1 Å². The summed E-state index contributed by atoms with van der Waals surface area (Å²) in [6.45, 7) is 8.05. The normalized spacial score (nSPS) is 11.6. The number of azo groups is 1. The number of nitrogens with zero attached hydrogens (tertiary/aromatic N) is 13. The fourth-order valence-corrected chi connectivity index (χ4v) is 9.51. The Hall–Kier alpha value is -9.46. The van der Waals surface area contributed by atoms with E-state index < -0.39 is 45.8 Å². The first-order chi connectivity index (χ1) is 42.8. The van der Waals surface area contributed by atoms with Gasteiger partial charge in [-0.25, -0.2) is 10.5 Å². The van der Waals surface area contributed by atoms with Gasteiger partial charge in [-0.05, 0) is 123 Å². The Kier molecular flexibility index (Phi) is 29.0. The summed E-state index contributed by atoms with van der Waals surface area (Å²) in [6.07, 6.45) is 0. The van der Waals surface area contributed by atoms with Gasteiger partial charge >= 0.3 is 31.0 Å². The van der Waals surface area contributed by atoms with Gasteiger partial charge in [0.15, 0.2) is 10.0 Å². The molecule has 0 aliphatic heterocycles. The van der Waals surface area contributed by atoms with Crippen LogP contribution in [-0.4, -0.2) is 91.4 Å². The lowest BCUT2D eigenvalue weighted by Crippen LogP contribution is -2.21. The monoisotopic (exact) mass is 1370 g/mol. The highest BCUT2D eigenvalue weighted by Gasteiger charge is 2.16. The molecule has 0 fully saturated rings. The van der Waals surface area contributed by atoms with Crippen molar-refractivity contribution in [1.29, 1.82) is 0 Å². The maximum absolute atomic E-state index is 11.0. The Morgan fingerprint density at radius 3 is 1.27 bits per heavy atom. The van der Waals surface area contributed by atoms with Gasteiger partial charge in [0.05, 0.1) is 37.0 Å². The van der Waals surface area contributed by atoms with Crippen molar-refractivity contribution in [3.05, 3.63) is 211 Å². The standard InChI is InChI=1S/C22H19N5O2S.C15H17N.C7H4N4O6S2.C7H5N3O2S.CH4.H3NO5S.H2O4S/c1-2-26(15-16-6-4-3-5-7-16)18-10-8-17(9-11-18)23-24-22-20-14-19(27(28)29)12-13-21(20)25-30-22;1-2-16(15-11-7-4-8-12-15)13-14-9-5-3-6-10-14;12-11(13)4-1-2-6-5(3-4)7(18-9-6)8-10-19(15,16)17-14;8-7-5-3-4(10(11)12)1-2-6(5)9-13-7;;2-1-7(4,5)6-3;1-5(2,3)4/h3-14H,2,15H2,1H3;3-12H,2,13H2,1H3;1-3,14H;1-3H,8H2;1H4;2-3H,(H,1,4,5);(H2,1,2,3,4). The first-order valence-electron chi connectivity index (χ1n) is 25.0. The summed E-state index contributed by atoms with van der Waals surface area (Å²) >= 11 is 3.12. The van der Waals surface area contributed by atoms with Crippen molar-refractivity contribution < 1.29 is 73.9 Å². The van der Waals surface area contributed by atoms with Gasteiger partial charge in [-0.3, -0.25) is 49.2 Å². The topological polar surface area (TPSA) is 488 Å². The highest BCUT2D eigenvalue weighted by molar-refractivity contribution is 7.85. The van der Waals surface area contributed by atoms with Gasteiger partial charge in [-0.2, -0.15) is 34.2 Å². The number of nitro benzene ring substituents is 3. The maximum atomic E-state index is 11.0. The van der Waals surface area contributed by atoms with Crippen LogP contribution >= 0.6 is 34.6 Å². The van der Waals surface area contributed by atoms with Crippen LogP contribution in [0.2, 0.25) is 0 Å². The zero-order valence-corrected chi connectivity index (χ0v) is 51.2. The molecule has 0 bridgehead atoms. The van der Waals surface area contributed by atoms with E-state index in [0.29, 0.717) is 43.0 Å². The van der Waals surface area contributed by atoms with E-state index in [1.165, 1.54) is 70.8 Å². The summed E-state index contributed by atoms with van der Waals surface area (Å²) in [5.74, 6) is 0. The molecule has 10 aromatic rings. The first-order valence-corrected chi connectivity index (χ1v) is 31.4. The van der Waals surface area contributed by atoms with Crippen LogP contribution in [0.15, 0.2) is 194 Å². The average molecular weight is 1370 g/mol. The fourth-order valence-electron chi connectivity index (χ4n) is 7.23. The Morgan fingerprint density at radius 1 is 0.527 bits per heavy atom. The number of rotatable bonds is 17. The van der Waals surface area contributed by atoms with Crippen molar-refractivity contribution in [1.82, 2.24) is 13.1 Å². The maximum Gasteiger partial charge on any atom is 0.425 e. The van der Waals surface area contributed by atoms with Gasteiger partial charge in [-0.1, -0.05) is 90.6 Å². The van der Waals surface area contributed by atoms with Crippen molar-refractivity contribution in [2.75, 3.05) is 28.6 Å². The molecule has 0 radical (unpaired) electrons. The third-order valence-electron chi connectivity index (χ3n) is 11.3. The second-order valence-electron chi connectivity index (χ2n) is 17.2. The number of para-hydroxylation sites is 1. The lowest BCUT2D eigenvalue weighted by Gasteiger charge is -2.23. The summed E-state index contributed by atoms with van der Waals surface area (Å²) in [4.78, 5) is 35.2. The largest absolute Gasteiger partial charge is 0.425 e. The molecule has 0 saturated carbocycles. The van der Waals surface area contributed by atoms with Gasteiger partial charge in [-0.15, -0.1) is 19.7 Å². The molecule has 8 N–H and O–H groups in total. The van der Waals surface area contributed by atoms with E-state index in [1.807, 2.05) is 42.5 Å². The van der Waals surface area contributed by atoms with Crippen LogP contribution in [0.5, 0.6) is 0 Å². The second kappa shape index (κ2) is 35.7. The van der Waals surface area contributed by atoms with E-state index in [2.05, 4.69) is 138 Å². The number of nitro groups is 3. The minimum absolute atomic E-state index is 0. The molecule has 0 saturated heterocycles. The van der Waals surface area contributed by atoms with Crippen LogP contribution in [0.4, 0.5) is 49.1 Å². The van der Waals surface area contributed by atoms with Crippen LogP contribution < -0.4 is 15.5 Å². The number of aromatic nitrogens is 3. The molecule has 33 nitrogen and oxygen atoms in total.